The minimum absolute atomic E-state index is 0.263. The van der Waals surface area contributed by atoms with Crippen LogP contribution in [0.2, 0.25) is 10.0 Å². The molecule has 2 heterocycles. The number of aliphatic hydroxyl groups is 1. The summed E-state index contributed by atoms with van der Waals surface area (Å²) in [4.78, 5) is 13.3. The number of hydrogen-bond donors (Lipinski definition) is 3. The van der Waals surface area contributed by atoms with E-state index < -0.39 is 6.10 Å². The Morgan fingerprint density at radius 1 is 1.17 bits per heavy atom. The fourth-order valence-corrected chi connectivity index (χ4v) is 3.41. The first-order valence-corrected chi connectivity index (χ1v) is 10.3. The lowest BCUT2D eigenvalue weighted by Crippen LogP contribution is -2.39. The van der Waals surface area contributed by atoms with Gasteiger partial charge in [-0.25, -0.2) is 15.0 Å². The van der Waals surface area contributed by atoms with Crippen molar-refractivity contribution in [2.45, 2.75) is 26.5 Å². The summed E-state index contributed by atoms with van der Waals surface area (Å²) < 4.78 is 1.92. The summed E-state index contributed by atoms with van der Waals surface area (Å²) in [6.45, 7) is 5.32. The maximum absolute atomic E-state index is 10.4. The molecule has 0 radical (unpaired) electrons. The van der Waals surface area contributed by atoms with Crippen LogP contribution in [0.4, 0.5) is 0 Å². The van der Waals surface area contributed by atoms with Crippen LogP contribution in [-0.2, 0) is 6.54 Å². The number of guanidine groups is 1. The van der Waals surface area contributed by atoms with Gasteiger partial charge in [0.1, 0.15) is 11.6 Å². The SMILES string of the molecule is CCNC(=NCc1ccc(-n2ccnc2C)nc1)NCC(O)c1cc(Cl)cc(Cl)c1. The summed E-state index contributed by atoms with van der Waals surface area (Å²) in [7, 11) is 0. The second-order valence-corrected chi connectivity index (χ2v) is 7.54. The second kappa shape index (κ2) is 10.4. The predicted octanol–water partition coefficient (Wildman–Crippen LogP) is 3.67. The van der Waals surface area contributed by atoms with E-state index in [1.807, 2.05) is 36.7 Å². The molecule has 0 amide bonds. The van der Waals surface area contributed by atoms with Crippen molar-refractivity contribution in [2.75, 3.05) is 13.1 Å². The zero-order valence-corrected chi connectivity index (χ0v) is 18.3. The Morgan fingerprint density at radius 3 is 2.53 bits per heavy atom. The Bertz CT molecular complexity index is 983. The molecular formula is C21H24Cl2N6O. The maximum atomic E-state index is 10.4. The standard InChI is InChI=1S/C21H24Cl2N6O/c1-3-24-21(28-13-19(30)16-8-17(22)10-18(23)9-16)27-12-15-4-5-20(26-11-15)29-7-6-25-14(29)2/h4-11,19,30H,3,12-13H2,1-2H3,(H2,24,27,28). The molecule has 0 saturated heterocycles. The van der Waals surface area contributed by atoms with Gasteiger partial charge < -0.3 is 15.7 Å². The number of aryl methyl sites for hydroxylation is 1. The normalized spacial score (nSPS) is 12.6. The lowest BCUT2D eigenvalue weighted by Gasteiger charge is -2.16. The van der Waals surface area contributed by atoms with Gasteiger partial charge >= 0.3 is 0 Å². The Labute approximate surface area is 185 Å². The van der Waals surface area contributed by atoms with Crippen LogP contribution in [0.1, 0.15) is 30.0 Å². The Morgan fingerprint density at radius 2 is 1.93 bits per heavy atom. The summed E-state index contributed by atoms with van der Waals surface area (Å²) >= 11 is 12.0. The third-order valence-electron chi connectivity index (χ3n) is 4.38. The molecule has 1 aromatic carbocycles. The third kappa shape index (κ3) is 5.95. The van der Waals surface area contributed by atoms with E-state index in [1.165, 1.54) is 0 Å². The van der Waals surface area contributed by atoms with Gasteiger partial charge in [0, 0.05) is 41.7 Å². The van der Waals surface area contributed by atoms with Gasteiger partial charge in [0.2, 0.25) is 0 Å². The minimum atomic E-state index is -0.774. The number of rotatable bonds is 7. The fourth-order valence-electron chi connectivity index (χ4n) is 2.86. The molecule has 0 bridgehead atoms. The molecule has 2 aromatic heterocycles. The molecule has 0 spiro atoms. The summed E-state index contributed by atoms with van der Waals surface area (Å²) in [5, 5.41) is 17.7. The number of nitrogens with one attached hydrogen (secondary N) is 2. The molecule has 0 saturated carbocycles. The number of aliphatic imine (C=N–C) groups is 1. The number of halogens is 2. The first-order valence-electron chi connectivity index (χ1n) is 9.57. The smallest absolute Gasteiger partial charge is 0.191 e. The molecule has 30 heavy (non-hydrogen) atoms. The third-order valence-corrected chi connectivity index (χ3v) is 4.81. The number of hydrogen-bond acceptors (Lipinski definition) is 4. The first kappa shape index (κ1) is 22.1. The highest BCUT2D eigenvalue weighted by atomic mass is 35.5. The molecule has 0 fully saturated rings. The van der Waals surface area contributed by atoms with E-state index in [-0.39, 0.29) is 6.54 Å². The predicted molar refractivity (Wildman–Crippen MR) is 120 cm³/mol. The zero-order valence-electron chi connectivity index (χ0n) is 16.8. The highest BCUT2D eigenvalue weighted by molar-refractivity contribution is 6.34. The van der Waals surface area contributed by atoms with Crippen molar-refractivity contribution in [1.29, 1.82) is 0 Å². The van der Waals surface area contributed by atoms with Crippen molar-refractivity contribution in [3.05, 3.63) is 75.9 Å². The van der Waals surface area contributed by atoms with Crippen LogP contribution in [-0.4, -0.2) is 38.7 Å². The molecule has 9 heteroatoms. The van der Waals surface area contributed by atoms with Gasteiger partial charge in [-0.2, -0.15) is 0 Å². The molecule has 0 aliphatic heterocycles. The van der Waals surface area contributed by atoms with Crippen LogP contribution in [0, 0.1) is 6.92 Å². The van der Waals surface area contributed by atoms with Crippen molar-refractivity contribution in [2.24, 2.45) is 4.99 Å². The molecule has 1 atom stereocenters. The fraction of sp³-hybridized carbons (Fsp3) is 0.286. The van der Waals surface area contributed by atoms with Crippen LogP contribution in [0.15, 0.2) is 53.9 Å². The number of benzene rings is 1. The van der Waals surface area contributed by atoms with Crippen LogP contribution >= 0.6 is 23.2 Å². The second-order valence-electron chi connectivity index (χ2n) is 6.66. The van der Waals surface area contributed by atoms with Gasteiger partial charge in [-0.1, -0.05) is 29.3 Å². The Balaban J connectivity index is 1.62. The molecule has 1 unspecified atom stereocenters. The largest absolute Gasteiger partial charge is 0.387 e. The highest BCUT2D eigenvalue weighted by Gasteiger charge is 2.10. The summed E-state index contributed by atoms with van der Waals surface area (Å²) in [5.41, 5.74) is 1.61. The number of imidazole rings is 1. The van der Waals surface area contributed by atoms with E-state index in [2.05, 4.69) is 25.6 Å². The molecule has 0 aliphatic carbocycles. The molecule has 3 N–H and O–H groups in total. The average Bonchev–Trinajstić information content (AvgIpc) is 3.15. The summed E-state index contributed by atoms with van der Waals surface area (Å²) in [6, 6.07) is 8.94. The molecule has 3 aromatic rings. The van der Waals surface area contributed by atoms with E-state index in [0.29, 0.717) is 34.7 Å². The van der Waals surface area contributed by atoms with Crippen molar-refractivity contribution in [3.63, 3.8) is 0 Å². The average molecular weight is 447 g/mol. The maximum Gasteiger partial charge on any atom is 0.191 e. The lowest BCUT2D eigenvalue weighted by molar-refractivity contribution is 0.181. The van der Waals surface area contributed by atoms with Crippen molar-refractivity contribution in [3.8, 4) is 5.82 Å². The number of aliphatic hydroxyl groups excluding tert-OH is 1. The van der Waals surface area contributed by atoms with E-state index >= 15 is 0 Å². The molecule has 158 valence electrons. The van der Waals surface area contributed by atoms with E-state index in [0.717, 1.165) is 17.2 Å². The van der Waals surface area contributed by atoms with Crippen LogP contribution in [0.3, 0.4) is 0 Å². The van der Waals surface area contributed by atoms with Gasteiger partial charge in [0.05, 0.1) is 12.6 Å². The molecule has 7 nitrogen and oxygen atoms in total. The topological polar surface area (TPSA) is 87.4 Å². The number of nitrogens with zero attached hydrogens (tertiary/aromatic N) is 4. The van der Waals surface area contributed by atoms with Crippen molar-refractivity contribution >= 4 is 29.2 Å². The summed E-state index contributed by atoms with van der Waals surface area (Å²) in [6.07, 6.45) is 4.64. The molecular weight excluding hydrogens is 423 g/mol. The minimum Gasteiger partial charge on any atom is -0.387 e. The van der Waals surface area contributed by atoms with E-state index in [9.17, 15) is 5.11 Å². The molecule has 0 aliphatic rings. The van der Waals surface area contributed by atoms with Crippen molar-refractivity contribution in [1.82, 2.24) is 25.2 Å². The Kier molecular flexibility index (Phi) is 7.68. The van der Waals surface area contributed by atoms with Gasteiger partial charge in [-0.05, 0) is 49.2 Å². The van der Waals surface area contributed by atoms with Gasteiger partial charge in [-0.15, -0.1) is 0 Å². The van der Waals surface area contributed by atoms with Gasteiger partial charge in [-0.3, -0.25) is 4.57 Å². The number of pyridine rings is 1. The van der Waals surface area contributed by atoms with E-state index in [1.54, 1.807) is 30.6 Å². The summed E-state index contributed by atoms with van der Waals surface area (Å²) in [5.74, 6) is 2.29. The van der Waals surface area contributed by atoms with Crippen LogP contribution in [0.25, 0.3) is 5.82 Å². The lowest BCUT2D eigenvalue weighted by atomic mass is 10.1. The van der Waals surface area contributed by atoms with Gasteiger partial charge in [0.25, 0.3) is 0 Å². The Hall–Kier alpha value is -2.61. The van der Waals surface area contributed by atoms with Gasteiger partial charge in [0.15, 0.2) is 5.96 Å². The van der Waals surface area contributed by atoms with Crippen LogP contribution < -0.4 is 10.6 Å². The monoisotopic (exact) mass is 446 g/mol. The first-order chi connectivity index (χ1) is 14.5. The van der Waals surface area contributed by atoms with Crippen LogP contribution in [0.5, 0.6) is 0 Å². The van der Waals surface area contributed by atoms with Crippen molar-refractivity contribution < 1.29 is 5.11 Å². The highest BCUT2D eigenvalue weighted by Crippen LogP contribution is 2.23. The zero-order chi connectivity index (χ0) is 21.5. The van der Waals surface area contributed by atoms with E-state index in [4.69, 9.17) is 23.2 Å². The quantitative estimate of drug-likeness (QED) is 0.380. The molecule has 3 rings (SSSR count). The number of aromatic nitrogens is 3.